The van der Waals surface area contributed by atoms with Crippen molar-refractivity contribution in [3.8, 4) is 0 Å². The second-order valence-electron chi connectivity index (χ2n) is 3.62. The first-order valence-electron chi connectivity index (χ1n) is 4.71. The molecule has 76 valence electrons. The van der Waals surface area contributed by atoms with Gasteiger partial charge in [-0.25, -0.2) is 4.58 Å². The van der Waals surface area contributed by atoms with E-state index in [9.17, 15) is 0 Å². The molecule has 0 unspecified atom stereocenters. The van der Waals surface area contributed by atoms with Gasteiger partial charge >= 0.3 is 0 Å². The van der Waals surface area contributed by atoms with Gasteiger partial charge in [-0.05, 0) is 18.2 Å². The number of rotatable bonds is 0. The van der Waals surface area contributed by atoms with Gasteiger partial charge in [0.15, 0.2) is 5.84 Å². The van der Waals surface area contributed by atoms with E-state index in [-0.39, 0.29) is 0 Å². The summed E-state index contributed by atoms with van der Waals surface area (Å²) in [5.41, 5.74) is 7.60. The molecule has 4 nitrogen and oxygen atoms in total. The predicted octanol–water partition coefficient (Wildman–Crippen LogP) is 0.735. The third-order valence-electron chi connectivity index (χ3n) is 2.39. The smallest absolute Gasteiger partial charge is 0.254 e. The highest BCUT2D eigenvalue weighted by molar-refractivity contribution is 5.91. The van der Waals surface area contributed by atoms with Crippen molar-refractivity contribution in [1.29, 1.82) is 5.41 Å². The van der Waals surface area contributed by atoms with Crippen LogP contribution in [0.1, 0.15) is 6.92 Å². The van der Waals surface area contributed by atoms with Crippen LogP contribution >= 0.6 is 0 Å². The quantitative estimate of drug-likeness (QED) is 0.480. The Hall–Kier alpha value is -2.02. The zero-order valence-electron chi connectivity index (χ0n) is 8.83. The van der Waals surface area contributed by atoms with Crippen molar-refractivity contribution in [2.24, 2.45) is 5.73 Å². The van der Waals surface area contributed by atoms with E-state index in [4.69, 9.17) is 11.1 Å². The maximum Gasteiger partial charge on any atom is 0.254 e. The molecule has 1 aliphatic heterocycles. The lowest BCUT2D eigenvalue weighted by atomic mass is 10.2. The van der Waals surface area contributed by atoms with E-state index in [1.165, 1.54) is 0 Å². The van der Waals surface area contributed by atoms with Crippen molar-refractivity contribution in [2.75, 3.05) is 18.5 Å². The number of nitrogens with zero attached hydrogens (tertiary/aromatic N) is 2. The van der Waals surface area contributed by atoms with Crippen molar-refractivity contribution < 1.29 is 4.58 Å². The average Bonchev–Trinajstić information content (AvgIpc) is 2.17. The molecule has 0 amide bonds. The maximum atomic E-state index is 7.90. The van der Waals surface area contributed by atoms with Gasteiger partial charge in [0, 0.05) is 14.0 Å². The SMILES string of the molecule is CC(N)=[N+]1C(=N)CN(C)c2c#cccc21. The fourth-order valence-corrected chi connectivity index (χ4v) is 1.77. The molecule has 0 saturated heterocycles. The van der Waals surface area contributed by atoms with E-state index in [2.05, 4.69) is 12.1 Å². The van der Waals surface area contributed by atoms with Gasteiger partial charge in [0.05, 0.1) is 0 Å². The minimum atomic E-state index is 0.476. The molecule has 1 aromatic rings. The highest BCUT2D eigenvalue weighted by Crippen LogP contribution is 2.28. The zero-order chi connectivity index (χ0) is 11.0. The van der Waals surface area contributed by atoms with Gasteiger partial charge in [-0.3, -0.25) is 0 Å². The lowest BCUT2D eigenvalue weighted by molar-refractivity contribution is -0.313. The van der Waals surface area contributed by atoms with Crippen LogP contribution in [0.15, 0.2) is 12.1 Å². The van der Waals surface area contributed by atoms with Gasteiger partial charge in [-0.1, -0.05) is 6.07 Å². The van der Waals surface area contributed by atoms with Crippen LogP contribution in [0, 0.1) is 17.5 Å². The van der Waals surface area contributed by atoms with Crippen LogP contribution in [0.4, 0.5) is 11.4 Å². The number of anilines is 1. The van der Waals surface area contributed by atoms with Gasteiger partial charge in [0.1, 0.15) is 17.9 Å². The van der Waals surface area contributed by atoms with Crippen LogP contribution in [0.3, 0.4) is 0 Å². The van der Waals surface area contributed by atoms with Gasteiger partial charge in [-0.2, -0.15) is 5.41 Å². The van der Waals surface area contributed by atoms with Crippen molar-refractivity contribution >= 4 is 23.0 Å². The van der Waals surface area contributed by atoms with Crippen molar-refractivity contribution in [1.82, 2.24) is 0 Å². The molecule has 2 rings (SSSR count). The predicted molar refractivity (Wildman–Crippen MR) is 59.9 cm³/mol. The number of amidine groups is 2. The summed E-state index contributed by atoms with van der Waals surface area (Å²) in [6.07, 6.45) is 0. The summed E-state index contributed by atoms with van der Waals surface area (Å²) >= 11 is 0. The number of nitrogens with two attached hydrogens (primary N) is 1. The molecule has 1 aliphatic rings. The molecule has 0 aromatic heterocycles. The van der Waals surface area contributed by atoms with E-state index in [1.54, 1.807) is 17.6 Å². The number of hydrogen-bond acceptors (Lipinski definition) is 2. The fourth-order valence-electron chi connectivity index (χ4n) is 1.77. The number of nitrogens with one attached hydrogen (secondary N) is 1. The maximum absolute atomic E-state index is 7.90. The van der Waals surface area contributed by atoms with E-state index >= 15 is 0 Å². The van der Waals surface area contributed by atoms with Crippen LogP contribution in [-0.2, 0) is 0 Å². The molecule has 0 saturated carbocycles. The minimum absolute atomic E-state index is 0.476. The summed E-state index contributed by atoms with van der Waals surface area (Å²) in [5.74, 6) is 1.08. The highest BCUT2D eigenvalue weighted by Gasteiger charge is 2.26. The second kappa shape index (κ2) is 3.28. The van der Waals surface area contributed by atoms with Crippen LogP contribution in [0.5, 0.6) is 0 Å². The lowest BCUT2D eigenvalue weighted by Gasteiger charge is -2.26. The Kier molecular flexibility index (Phi) is 2.09. The number of hydrogen-bond donors (Lipinski definition) is 2. The first-order valence-corrected chi connectivity index (χ1v) is 4.71. The van der Waals surface area contributed by atoms with Gasteiger partial charge < -0.3 is 10.6 Å². The molecule has 0 spiro atoms. The summed E-state index contributed by atoms with van der Waals surface area (Å²) < 4.78 is 1.74. The fraction of sp³-hybridized carbons (Fsp3) is 0.273. The summed E-state index contributed by atoms with van der Waals surface area (Å²) in [6.45, 7) is 2.33. The number of likely N-dealkylation sites (N-methyl/N-ethyl adjacent to an activating group) is 1. The topological polar surface area (TPSA) is 56.1 Å². The molecule has 0 atom stereocenters. The molecule has 0 aliphatic carbocycles. The van der Waals surface area contributed by atoms with Crippen molar-refractivity contribution in [3.05, 3.63) is 24.3 Å². The van der Waals surface area contributed by atoms with Gasteiger partial charge in [-0.15, -0.1) is 0 Å². The summed E-state index contributed by atoms with van der Waals surface area (Å²) in [4.78, 5) is 1.97. The molecule has 15 heavy (non-hydrogen) atoms. The summed E-state index contributed by atoms with van der Waals surface area (Å²) in [5, 5.41) is 7.90. The molecule has 3 N–H and O–H groups in total. The highest BCUT2D eigenvalue weighted by atomic mass is 15.2. The molecule has 0 radical (unpaired) electrons. The molecule has 1 heterocycles. The Labute approximate surface area is 89.1 Å². The third kappa shape index (κ3) is 1.42. The molecule has 0 bridgehead atoms. The van der Waals surface area contributed by atoms with Gasteiger partial charge in [0.2, 0.25) is 0 Å². The van der Waals surface area contributed by atoms with Crippen LogP contribution in [-0.4, -0.2) is 29.8 Å². The summed E-state index contributed by atoms with van der Waals surface area (Å²) in [7, 11) is 1.93. The summed E-state index contributed by atoms with van der Waals surface area (Å²) in [6, 6.07) is 9.62. The normalized spacial score (nSPS) is 18.3. The first-order chi connectivity index (χ1) is 7.11. The third-order valence-corrected chi connectivity index (χ3v) is 2.39. The average molecular weight is 201 g/mol. The Morgan fingerprint density at radius 1 is 1.67 bits per heavy atom. The lowest BCUT2D eigenvalue weighted by Crippen LogP contribution is -2.40. The molecular formula is C11H13N4+. The van der Waals surface area contributed by atoms with Crippen LogP contribution in [0.25, 0.3) is 0 Å². The van der Waals surface area contributed by atoms with E-state index in [1.807, 2.05) is 18.0 Å². The molecule has 4 heteroatoms. The Bertz CT molecular complexity index is 444. The van der Waals surface area contributed by atoms with Gasteiger partial charge in [0.25, 0.3) is 5.84 Å². The number of fused-ring (bicyclic) bond motifs is 1. The molecule has 1 aromatic carbocycles. The zero-order valence-corrected chi connectivity index (χ0v) is 8.83. The Balaban J connectivity index is 2.68. The van der Waals surface area contributed by atoms with E-state index in [0.29, 0.717) is 18.2 Å². The van der Waals surface area contributed by atoms with Crippen molar-refractivity contribution in [2.45, 2.75) is 6.92 Å². The minimum Gasteiger partial charge on any atom is -0.354 e. The molecular weight excluding hydrogens is 188 g/mol. The largest absolute Gasteiger partial charge is 0.354 e. The first kappa shape index (κ1) is 9.53. The standard InChI is InChI=1S/C11H12N4/c1-8(12)15-10-6-4-3-5-9(10)14(2)7-11(15)13/h4,6,12-13H,7H2,1-2H3/p+1. The van der Waals surface area contributed by atoms with Crippen LogP contribution < -0.4 is 10.6 Å². The van der Waals surface area contributed by atoms with E-state index in [0.717, 1.165) is 11.4 Å². The monoisotopic (exact) mass is 201 g/mol. The van der Waals surface area contributed by atoms with E-state index < -0.39 is 0 Å². The Morgan fingerprint density at radius 2 is 2.40 bits per heavy atom. The van der Waals surface area contributed by atoms with Crippen molar-refractivity contribution in [3.63, 3.8) is 0 Å². The second-order valence-corrected chi connectivity index (χ2v) is 3.62. The Morgan fingerprint density at radius 3 is 3.07 bits per heavy atom. The molecule has 0 fully saturated rings. The van der Waals surface area contributed by atoms with Crippen LogP contribution in [0.2, 0.25) is 0 Å².